The van der Waals surface area contributed by atoms with Crippen LogP contribution in [0.4, 0.5) is 10.1 Å². The maximum atomic E-state index is 13.9. The SMILES string of the molecule is Fc1c(Cl)cccc1NC1CCN(Cc2ccccc2)C1. The van der Waals surface area contributed by atoms with Crippen LogP contribution in [0.25, 0.3) is 0 Å². The first-order chi connectivity index (χ1) is 10.2. The molecule has 0 radical (unpaired) electrons. The van der Waals surface area contributed by atoms with Crippen LogP contribution in [0.5, 0.6) is 0 Å². The lowest BCUT2D eigenvalue weighted by molar-refractivity contribution is 0.328. The van der Waals surface area contributed by atoms with Gasteiger partial charge in [0.25, 0.3) is 0 Å². The Hall–Kier alpha value is -1.58. The van der Waals surface area contributed by atoms with Crippen molar-refractivity contribution in [1.29, 1.82) is 0 Å². The molecule has 1 unspecified atom stereocenters. The van der Waals surface area contributed by atoms with Gasteiger partial charge in [-0.3, -0.25) is 4.90 Å². The minimum atomic E-state index is -0.360. The highest BCUT2D eigenvalue weighted by Crippen LogP contribution is 2.24. The molecular weight excluding hydrogens is 287 g/mol. The average Bonchev–Trinajstić information content (AvgIpc) is 2.92. The molecule has 110 valence electrons. The van der Waals surface area contributed by atoms with Crippen LogP contribution in [-0.2, 0) is 6.54 Å². The van der Waals surface area contributed by atoms with Crippen LogP contribution in [0.3, 0.4) is 0 Å². The minimum Gasteiger partial charge on any atom is -0.379 e. The average molecular weight is 305 g/mol. The lowest BCUT2D eigenvalue weighted by Crippen LogP contribution is -2.26. The van der Waals surface area contributed by atoms with E-state index in [1.807, 2.05) is 6.07 Å². The van der Waals surface area contributed by atoms with Crippen LogP contribution in [-0.4, -0.2) is 24.0 Å². The Kier molecular flexibility index (Phi) is 4.42. The van der Waals surface area contributed by atoms with Gasteiger partial charge in [0.15, 0.2) is 5.82 Å². The number of nitrogens with zero attached hydrogens (tertiary/aromatic N) is 1. The summed E-state index contributed by atoms with van der Waals surface area (Å²) in [5.74, 6) is -0.360. The first kappa shape index (κ1) is 14.4. The Morgan fingerprint density at radius 3 is 2.76 bits per heavy atom. The molecule has 1 heterocycles. The summed E-state index contributed by atoms with van der Waals surface area (Å²) in [6.07, 6.45) is 1.01. The molecule has 3 rings (SSSR count). The third-order valence-electron chi connectivity index (χ3n) is 3.83. The normalized spacial score (nSPS) is 18.9. The summed E-state index contributed by atoms with van der Waals surface area (Å²) in [6, 6.07) is 15.8. The Balaban J connectivity index is 1.59. The van der Waals surface area contributed by atoms with E-state index in [-0.39, 0.29) is 16.9 Å². The quantitative estimate of drug-likeness (QED) is 0.912. The van der Waals surface area contributed by atoms with Crippen LogP contribution in [0.1, 0.15) is 12.0 Å². The molecule has 0 amide bonds. The van der Waals surface area contributed by atoms with E-state index in [1.165, 1.54) is 5.56 Å². The second-order valence-electron chi connectivity index (χ2n) is 5.45. The Morgan fingerprint density at radius 2 is 1.95 bits per heavy atom. The van der Waals surface area contributed by atoms with Gasteiger partial charge in [0.2, 0.25) is 0 Å². The molecule has 1 saturated heterocycles. The van der Waals surface area contributed by atoms with E-state index in [0.29, 0.717) is 5.69 Å². The highest BCUT2D eigenvalue weighted by molar-refractivity contribution is 6.31. The van der Waals surface area contributed by atoms with E-state index in [4.69, 9.17) is 11.6 Å². The van der Waals surface area contributed by atoms with Gasteiger partial charge in [0, 0.05) is 25.7 Å². The van der Waals surface area contributed by atoms with Crippen molar-refractivity contribution in [2.24, 2.45) is 0 Å². The van der Waals surface area contributed by atoms with Crippen molar-refractivity contribution in [3.63, 3.8) is 0 Å². The molecule has 0 bridgehead atoms. The number of hydrogen-bond donors (Lipinski definition) is 1. The number of halogens is 2. The maximum absolute atomic E-state index is 13.9. The van der Waals surface area contributed by atoms with E-state index >= 15 is 0 Å². The van der Waals surface area contributed by atoms with Crippen LogP contribution in [0, 0.1) is 5.82 Å². The van der Waals surface area contributed by atoms with Gasteiger partial charge in [-0.25, -0.2) is 4.39 Å². The fourth-order valence-electron chi connectivity index (χ4n) is 2.77. The van der Waals surface area contributed by atoms with Crippen molar-refractivity contribution in [3.05, 3.63) is 64.9 Å². The standard InChI is InChI=1S/C17H18ClFN2/c18-15-7-4-8-16(17(15)19)20-14-9-10-21(12-14)11-13-5-2-1-3-6-13/h1-8,14,20H,9-12H2. The van der Waals surface area contributed by atoms with Crippen molar-refractivity contribution in [2.75, 3.05) is 18.4 Å². The van der Waals surface area contributed by atoms with Crippen molar-refractivity contribution < 1.29 is 4.39 Å². The Bertz CT molecular complexity index is 603. The first-order valence-corrected chi connectivity index (χ1v) is 7.57. The third kappa shape index (κ3) is 3.55. The minimum absolute atomic E-state index is 0.166. The Labute approximate surface area is 129 Å². The summed E-state index contributed by atoms with van der Waals surface area (Å²) < 4.78 is 13.9. The van der Waals surface area contributed by atoms with E-state index in [9.17, 15) is 4.39 Å². The lowest BCUT2D eigenvalue weighted by Gasteiger charge is -2.18. The predicted octanol–water partition coefficient (Wildman–Crippen LogP) is 4.17. The number of rotatable bonds is 4. The van der Waals surface area contributed by atoms with Gasteiger partial charge in [-0.1, -0.05) is 48.0 Å². The molecule has 1 atom stereocenters. The summed E-state index contributed by atoms with van der Waals surface area (Å²) in [5.41, 5.74) is 1.81. The molecule has 21 heavy (non-hydrogen) atoms. The van der Waals surface area contributed by atoms with Crippen LogP contribution >= 0.6 is 11.6 Å². The van der Waals surface area contributed by atoms with Gasteiger partial charge in [-0.05, 0) is 24.1 Å². The second kappa shape index (κ2) is 6.46. The topological polar surface area (TPSA) is 15.3 Å². The molecule has 1 N–H and O–H groups in total. The van der Waals surface area contributed by atoms with Crippen molar-refractivity contribution in [1.82, 2.24) is 4.90 Å². The molecule has 1 aliphatic heterocycles. The van der Waals surface area contributed by atoms with Crippen molar-refractivity contribution in [3.8, 4) is 0 Å². The van der Waals surface area contributed by atoms with Gasteiger partial charge >= 0.3 is 0 Å². The molecular formula is C17H18ClFN2. The molecule has 1 aliphatic rings. The molecule has 0 aliphatic carbocycles. The van der Waals surface area contributed by atoms with Gasteiger partial charge in [0.1, 0.15) is 0 Å². The van der Waals surface area contributed by atoms with Crippen molar-refractivity contribution in [2.45, 2.75) is 19.0 Å². The molecule has 2 aromatic carbocycles. The fraction of sp³-hybridized carbons (Fsp3) is 0.294. The van der Waals surface area contributed by atoms with E-state index < -0.39 is 0 Å². The highest BCUT2D eigenvalue weighted by atomic mass is 35.5. The molecule has 4 heteroatoms. The van der Waals surface area contributed by atoms with E-state index in [1.54, 1.807) is 18.2 Å². The number of nitrogens with one attached hydrogen (secondary N) is 1. The monoisotopic (exact) mass is 304 g/mol. The van der Waals surface area contributed by atoms with Crippen LogP contribution < -0.4 is 5.32 Å². The van der Waals surface area contributed by atoms with Gasteiger partial charge in [0.05, 0.1) is 10.7 Å². The lowest BCUT2D eigenvalue weighted by atomic mass is 10.2. The number of hydrogen-bond acceptors (Lipinski definition) is 2. The molecule has 0 aromatic heterocycles. The Morgan fingerprint density at radius 1 is 1.14 bits per heavy atom. The molecule has 1 fully saturated rings. The predicted molar refractivity (Wildman–Crippen MR) is 85.2 cm³/mol. The molecule has 0 spiro atoms. The first-order valence-electron chi connectivity index (χ1n) is 7.19. The molecule has 2 nitrogen and oxygen atoms in total. The number of likely N-dealkylation sites (tertiary alicyclic amines) is 1. The van der Waals surface area contributed by atoms with Crippen LogP contribution in [0.15, 0.2) is 48.5 Å². The summed E-state index contributed by atoms with van der Waals surface area (Å²) >= 11 is 5.81. The zero-order chi connectivity index (χ0) is 14.7. The number of anilines is 1. The zero-order valence-electron chi connectivity index (χ0n) is 11.7. The summed E-state index contributed by atoms with van der Waals surface area (Å²) in [4.78, 5) is 2.38. The maximum Gasteiger partial charge on any atom is 0.164 e. The summed E-state index contributed by atoms with van der Waals surface area (Å²) in [7, 11) is 0. The highest BCUT2D eigenvalue weighted by Gasteiger charge is 2.23. The smallest absolute Gasteiger partial charge is 0.164 e. The number of benzene rings is 2. The van der Waals surface area contributed by atoms with Gasteiger partial charge in [-0.2, -0.15) is 0 Å². The molecule has 2 aromatic rings. The van der Waals surface area contributed by atoms with Gasteiger partial charge in [-0.15, -0.1) is 0 Å². The van der Waals surface area contributed by atoms with Gasteiger partial charge < -0.3 is 5.32 Å². The van der Waals surface area contributed by atoms with Crippen LogP contribution in [0.2, 0.25) is 5.02 Å². The van der Waals surface area contributed by atoms with E-state index in [2.05, 4.69) is 34.5 Å². The van der Waals surface area contributed by atoms with Crippen molar-refractivity contribution >= 4 is 17.3 Å². The fourth-order valence-corrected chi connectivity index (χ4v) is 2.95. The summed E-state index contributed by atoms with van der Waals surface area (Å²) in [6.45, 7) is 2.88. The summed E-state index contributed by atoms with van der Waals surface area (Å²) in [5, 5.41) is 3.43. The third-order valence-corrected chi connectivity index (χ3v) is 4.12. The largest absolute Gasteiger partial charge is 0.379 e. The second-order valence-corrected chi connectivity index (χ2v) is 5.86. The molecule has 0 saturated carbocycles. The zero-order valence-corrected chi connectivity index (χ0v) is 12.5. The van der Waals surface area contributed by atoms with E-state index in [0.717, 1.165) is 26.1 Å².